The number of hydrogen-bond acceptors (Lipinski definition) is 12. The molecule has 4 heterocycles. The number of benzene rings is 3. The molecule has 0 radical (unpaired) electrons. The molecule has 5 atom stereocenters. The van der Waals surface area contributed by atoms with Gasteiger partial charge in [-0.1, -0.05) is 75.4 Å². The van der Waals surface area contributed by atoms with Crippen LogP contribution in [0.15, 0.2) is 96.4 Å². The Labute approximate surface area is 392 Å². The topological polar surface area (TPSA) is 122 Å². The van der Waals surface area contributed by atoms with Crippen molar-refractivity contribution in [3.8, 4) is 17.6 Å². The molecule has 0 aliphatic carbocycles. The second kappa shape index (κ2) is 21.0. The third-order valence-electron chi connectivity index (χ3n) is 12.8. The van der Waals surface area contributed by atoms with Crippen LogP contribution >= 0.6 is 20.3 Å². The average Bonchev–Trinajstić information content (AvgIpc) is 3.73. The van der Waals surface area contributed by atoms with Crippen LogP contribution in [0.1, 0.15) is 89.8 Å². The first-order valence-corrected chi connectivity index (χ1v) is 27.7. The molecule has 0 spiro atoms. The summed E-state index contributed by atoms with van der Waals surface area (Å²) >= 11 is 1.78. The van der Waals surface area contributed by atoms with Crippen molar-refractivity contribution in [2.75, 3.05) is 33.2 Å². The molecular formula is C50H66N5O7PSSi. The zero-order valence-corrected chi connectivity index (χ0v) is 42.5. The van der Waals surface area contributed by atoms with Crippen LogP contribution in [0.3, 0.4) is 0 Å². The molecule has 1 unspecified atom stereocenters. The first kappa shape index (κ1) is 49.0. The maximum Gasteiger partial charge on any atom is 0.259 e. The van der Waals surface area contributed by atoms with Gasteiger partial charge in [0.2, 0.25) is 0 Å². The van der Waals surface area contributed by atoms with Gasteiger partial charge in [-0.05, 0) is 111 Å². The lowest BCUT2D eigenvalue weighted by atomic mass is 9.80. The Bertz CT molecular complexity index is 2320. The molecule has 0 amide bonds. The van der Waals surface area contributed by atoms with Crippen LogP contribution in [0.4, 0.5) is 0 Å². The lowest BCUT2D eigenvalue weighted by Gasteiger charge is -2.42. The summed E-state index contributed by atoms with van der Waals surface area (Å²) in [5, 5.41) is 11.6. The van der Waals surface area contributed by atoms with E-state index in [-0.39, 0.29) is 36.8 Å². The Morgan fingerprint density at radius 1 is 0.892 bits per heavy atom. The summed E-state index contributed by atoms with van der Waals surface area (Å²) in [6.07, 6.45) is 3.40. The number of rotatable bonds is 19. The Balaban J connectivity index is 1.43. The second-order valence-electron chi connectivity index (χ2n) is 18.7. The largest absolute Gasteiger partial charge is 0.497 e. The zero-order valence-electron chi connectivity index (χ0n) is 39.8. The van der Waals surface area contributed by atoms with Crippen molar-refractivity contribution in [2.45, 2.75) is 133 Å². The van der Waals surface area contributed by atoms with E-state index in [9.17, 15) is 5.26 Å². The van der Waals surface area contributed by atoms with E-state index in [0.29, 0.717) is 0 Å². The van der Waals surface area contributed by atoms with Gasteiger partial charge >= 0.3 is 0 Å². The molecule has 12 nitrogen and oxygen atoms in total. The van der Waals surface area contributed by atoms with E-state index in [1.54, 1.807) is 32.3 Å². The van der Waals surface area contributed by atoms with Crippen LogP contribution in [-0.2, 0) is 35.0 Å². The van der Waals surface area contributed by atoms with Crippen LogP contribution in [0.2, 0.25) is 18.1 Å². The normalized spacial score (nSPS) is 19.8. The fourth-order valence-electron chi connectivity index (χ4n) is 8.57. The summed E-state index contributed by atoms with van der Waals surface area (Å²) < 4.78 is 52.6. The van der Waals surface area contributed by atoms with E-state index >= 15 is 0 Å². The van der Waals surface area contributed by atoms with Crippen LogP contribution in [0, 0.1) is 11.3 Å². The zero-order chi connectivity index (χ0) is 46.5. The number of thioether (sulfide) groups is 1. The molecule has 5 aromatic rings. The number of aryl methyl sites for hydroxylation is 1. The molecule has 1 saturated heterocycles. The summed E-state index contributed by atoms with van der Waals surface area (Å²) in [4.78, 5) is 9.68. The molecule has 7 rings (SSSR count). The quantitative estimate of drug-likeness (QED) is 0.0257. The minimum atomic E-state index is -2.55. The van der Waals surface area contributed by atoms with Crippen LogP contribution < -0.4 is 9.47 Å². The predicted octanol–water partition coefficient (Wildman–Crippen LogP) is 11.4. The van der Waals surface area contributed by atoms with Crippen LogP contribution in [0.25, 0.3) is 11.0 Å². The van der Waals surface area contributed by atoms with E-state index in [2.05, 4.69) is 119 Å². The Morgan fingerprint density at radius 2 is 1.51 bits per heavy atom. The molecule has 65 heavy (non-hydrogen) atoms. The van der Waals surface area contributed by atoms with Crippen molar-refractivity contribution in [3.63, 3.8) is 0 Å². The Hall–Kier alpha value is -3.87. The third kappa shape index (κ3) is 10.3. The molecule has 2 aliphatic rings. The van der Waals surface area contributed by atoms with Gasteiger partial charge in [-0.3, -0.25) is 0 Å². The summed E-state index contributed by atoms with van der Waals surface area (Å²) in [6, 6.07) is 28.8. The molecule has 0 bridgehead atoms. The molecule has 1 fully saturated rings. The molecule has 0 N–H and O–H groups in total. The SMILES string of the molecule is COc1ccc(C(OC[C@H]2O[C@@H](n3cc4c5c(ncnc53)SCCC4)[C@H](O[Si](C)(C)C(C)(C)C)[C@@H]2OP(OCCC#N)N(C(C)C)C(C)C)(c2ccccc2)c2ccc(OC)cc2)cc1. The van der Waals surface area contributed by atoms with E-state index < -0.39 is 47.0 Å². The van der Waals surface area contributed by atoms with E-state index in [1.165, 1.54) is 5.56 Å². The highest BCUT2D eigenvalue weighted by atomic mass is 32.2. The standard InChI is InChI=1S/C50H66N5O7PSSi/c1-34(2)55(35(3)4)63(59-29-16-28-51)61-44-42(32-58-50(37-18-13-12-14-19-37,38-20-24-40(56-8)25-21-38)39-22-26-41(57-9)27-23-39)60-48(45(44)62-65(10,11)49(5,6)7)54-31-36-17-15-30-64-47-43(36)46(54)52-33-53-47/h12-14,18-27,31,33-35,42,44-45,48H,15-17,29-30,32H2,1-11H3/t42-,44-,45-,48-,63?/m1/s1. The Kier molecular flexibility index (Phi) is 15.8. The molecule has 0 saturated carbocycles. The molecule has 2 aromatic heterocycles. The van der Waals surface area contributed by atoms with Gasteiger partial charge in [-0.25, -0.2) is 14.6 Å². The van der Waals surface area contributed by atoms with Gasteiger partial charge in [0.1, 0.15) is 52.4 Å². The van der Waals surface area contributed by atoms with Gasteiger partial charge < -0.3 is 37.0 Å². The van der Waals surface area contributed by atoms with Gasteiger partial charge in [0.15, 0.2) is 14.5 Å². The maximum atomic E-state index is 9.65. The van der Waals surface area contributed by atoms with Crippen molar-refractivity contribution < 1.29 is 32.4 Å². The highest BCUT2D eigenvalue weighted by Crippen LogP contribution is 2.53. The van der Waals surface area contributed by atoms with Gasteiger partial charge in [0.25, 0.3) is 8.53 Å². The summed E-state index contributed by atoms with van der Waals surface area (Å²) in [6.45, 7) is 20.2. The summed E-state index contributed by atoms with van der Waals surface area (Å²) in [7, 11) is -0.939. The predicted molar refractivity (Wildman–Crippen MR) is 261 cm³/mol. The van der Waals surface area contributed by atoms with E-state index in [4.69, 9.17) is 42.4 Å². The molecule has 3 aromatic carbocycles. The van der Waals surface area contributed by atoms with Gasteiger partial charge in [0.05, 0.1) is 45.3 Å². The van der Waals surface area contributed by atoms with Crippen molar-refractivity contribution in [1.82, 2.24) is 19.2 Å². The first-order chi connectivity index (χ1) is 31.1. The molecule has 348 valence electrons. The second-order valence-corrected chi connectivity index (χ2v) is 26.0. The van der Waals surface area contributed by atoms with Gasteiger partial charge in [-0.2, -0.15) is 5.26 Å². The average molecular weight is 940 g/mol. The van der Waals surface area contributed by atoms with E-state index in [1.807, 2.05) is 42.5 Å². The molecular weight excluding hydrogens is 874 g/mol. The minimum Gasteiger partial charge on any atom is -0.497 e. The smallest absolute Gasteiger partial charge is 0.259 e. The number of aromatic nitrogens is 3. The lowest BCUT2D eigenvalue weighted by Crippen LogP contribution is -2.50. The fraction of sp³-hybridized carbons (Fsp3) is 0.500. The molecule has 15 heteroatoms. The van der Waals surface area contributed by atoms with Crippen LogP contribution in [-0.4, -0.2) is 91.1 Å². The van der Waals surface area contributed by atoms with Crippen molar-refractivity contribution in [3.05, 3.63) is 114 Å². The number of hydrogen-bond donors (Lipinski definition) is 0. The minimum absolute atomic E-state index is 0.0702. The van der Waals surface area contributed by atoms with Crippen molar-refractivity contribution >= 4 is 39.6 Å². The first-order valence-electron chi connectivity index (χ1n) is 22.7. The number of nitriles is 1. The van der Waals surface area contributed by atoms with Crippen LogP contribution in [0.5, 0.6) is 11.5 Å². The van der Waals surface area contributed by atoms with E-state index in [0.717, 1.165) is 62.8 Å². The number of methoxy groups -OCH3 is 2. The fourth-order valence-corrected chi connectivity index (χ4v) is 12.6. The summed E-state index contributed by atoms with van der Waals surface area (Å²) in [5.41, 5.74) is 3.62. The van der Waals surface area contributed by atoms with Crippen molar-refractivity contribution in [2.24, 2.45) is 0 Å². The van der Waals surface area contributed by atoms with Gasteiger partial charge in [-0.15, -0.1) is 11.8 Å². The lowest BCUT2D eigenvalue weighted by molar-refractivity contribution is -0.0925. The van der Waals surface area contributed by atoms with Crippen molar-refractivity contribution in [1.29, 1.82) is 5.26 Å². The highest BCUT2D eigenvalue weighted by molar-refractivity contribution is 7.99. The number of nitrogens with zero attached hydrogens (tertiary/aromatic N) is 5. The van der Waals surface area contributed by atoms with Gasteiger partial charge in [0, 0.05) is 18.3 Å². The Morgan fingerprint density at radius 3 is 2.08 bits per heavy atom. The monoisotopic (exact) mass is 939 g/mol. The third-order valence-corrected chi connectivity index (χ3v) is 20.5. The highest BCUT2D eigenvalue weighted by Gasteiger charge is 2.54. The summed E-state index contributed by atoms with van der Waals surface area (Å²) in [5.74, 6) is 2.47. The molecule has 2 aliphatic heterocycles. The number of ether oxygens (including phenoxy) is 4. The maximum absolute atomic E-state index is 9.65.